The fourth-order valence-corrected chi connectivity index (χ4v) is 3.42. The first-order chi connectivity index (χ1) is 13.6. The number of ether oxygens (including phenoxy) is 1. The zero-order valence-corrected chi connectivity index (χ0v) is 16.1. The largest absolute Gasteiger partial charge is 0.366 e. The Morgan fingerprint density at radius 2 is 1.89 bits per heavy atom. The van der Waals surface area contributed by atoms with Crippen molar-refractivity contribution in [2.24, 2.45) is 5.92 Å². The second-order valence-electron chi connectivity index (χ2n) is 7.41. The molecule has 144 valence electrons. The summed E-state index contributed by atoms with van der Waals surface area (Å²) in [6.45, 7) is 5.33. The Balaban J connectivity index is 1.56. The molecule has 1 aromatic carbocycles. The number of pyridine rings is 1. The van der Waals surface area contributed by atoms with Crippen LogP contribution in [0, 0.1) is 5.92 Å². The van der Waals surface area contributed by atoms with Gasteiger partial charge in [-0.05, 0) is 29.7 Å². The van der Waals surface area contributed by atoms with Crippen LogP contribution in [-0.4, -0.2) is 45.2 Å². The van der Waals surface area contributed by atoms with Crippen molar-refractivity contribution in [2.75, 3.05) is 13.1 Å². The zero-order chi connectivity index (χ0) is 19.5. The van der Waals surface area contributed by atoms with Gasteiger partial charge in [0.25, 0.3) is 5.91 Å². The van der Waals surface area contributed by atoms with Crippen molar-refractivity contribution in [3.8, 4) is 11.4 Å². The fraction of sp³-hybridized carbons (Fsp3) is 0.318. The first-order valence-corrected chi connectivity index (χ1v) is 9.58. The molecule has 6 nitrogen and oxygen atoms in total. The lowest BCUT2D eigenvalue weighted by molar-refractivity contribution is -0.0955. The van der Waals surface area contributed by atoms with E-state index in [1.807, 2.05) is 53.4 Å². The van der Waals surface area contributed by atoms with Crippen molar-refractivity contribution in [3.05, 3.63) is 72.1 Å². The van der Waals surface area contributed by atoms with Crippen LogP contribution in [0.3, 0.4) is 0 Å². The Kier molecular flexibility index (Phi) is 5.21. The van der Waals surface area contributed by atoms with Crippen molar-refractivity contribution in [1.82, 2.24) is 20.1 Å². The number of amides is 1. The summed E-state index contributed by atoms with van der Waals surface area (Å²) in [7, 11) is 0. The molecular formula is C22H24N4O2. The average molecular weight is 376 g/mol. The molecule has 0 bridgehead atoms. The van der Waals surface area contributed by atoms with Gasteiger partial charge in [0.15, 0.2) is 0 Å². The molecule has 2 atom stereocenters. The van der Waals surface area contributed by atoms with Gasteiger partial charge >= 0.3 is 0 Å². The van der Waals surface area contributed by atoms with E-state index >= 15 is 0 Å². The second kappa shape index (κ2) is 7.94. The van der Waals surface area contributed by atoms with E-state index in [0.717, 1.165) is 11.3 Å². The third kappa shape index (κ3) is 3.82. The van der Waals surface area contributed by atoms with Gasteiger partial charge in [-0.1, -0.05) is 50.2 Å². The molecule has 2 aromatic heterocycles. The Labute approximate surface area is 164 Å². The first kappa shape index (κ1) is 18.4. The third-order valence-corrected chi connectivity index (χ3v) is 5.06. The quantitative estimate of drug-likeness (QED) is 0.753. The standard InChI is InChI=1S/C22H24N4O2/c1-15(2)20-13-26(14-21(28-20)16-8-4-3-5-9-16)22(27)19-12-18(24-25-19)17-10-6-7-11-23-17/h3-12,15,20-21H,13-14H2,1-2H3,(H,24,25)/t20-,21+/m1/s1. The summed E-state index contributed by atoms with van der Waals surface area (Å²) in [5.74, 6) is 0.247. The number of nitrogens with one attached hydrogen (secondary N) is 1. The van der Waals surface area contributed by atoms with Crippen LogP contribution in [0.15, 0.2) is 60.8 Å². The van der Waals surface area contributed by atoms with Crippen LogP contribution in [0.4, 0.5) is 0 Å². The summed E-state index contributed by atoms with van der Waals surface area (Å²) >= 11 is 0. The minimum atomic E-state index is -0.135. The molecule has 4 rings (SSSR count). The molecule has 6 heteroatoms. The number of rotatable bonds is 4. The van der Waals surface area contributed by atoms with Gasteiger partial charge in [-0.25, -0.2) is 0 Å². The van der Waals surface area contributed by atoms with Gasteiger partial charge in [0.1, 0.15) is 17.5 Å². The van der Waals surface area contributed by atoms with E-state index in [4.69, 9.17) is 4.74 Å². The molecule has 28 heavy (non-hydrogen) atoms. The molecule has 0 radical (unpaired) electrons. The lowest BCUT2D eigenvalue weighted by Crippen LogP contribution is -2.48. The van der Waals surface area contributed by atoms with Crippen LogP contribution in [0.1, 0.15) is 36.0 Å². The van der Waals surface area contributed by atoms with E-state index in [9.17, 15) is 4.79 Å². The minimum Gasteiger partial charge on any atom is -0.366 e. The number of H-pyrrole nitrogens is 1. The smallest absolute Gasteiger partial charge is 0.272 e. The third-order valence-electron chi connectivity index (χ3n) is 5.06. The molecule has 0 spiro atoms. The average Bonchev–Trinajstić information content (AvgIpc) is 3.24. The van der Waals surface area contributed by atoms with Crippen molar-refractivity contribution >= 4 is 5.91 Å². The summed E-state index contributed by atoms with van der Waals surface area (Å²) in [5, 5.41) is 7.15. The summed E-state index contributed by atoms with van der Waals surface area (Å²) in [5.41, 5.74) is 2.96. The Morgan fingerprint density at radius 3 is 2.61 bits per heavy atom. The highest BCUT2D eigenvalue weighted by atomic mass is 16.5. The van der Waals surface area contributed by atoms with E-state index in [0.29, 0.717) is 30.4 Å². The van der Waals surface area contributed by atoms with Gasteiger partial charge in [-0.2, -0.15) is 5.10 Å². The molecule has 1 aliphatic rings. The highest BCUT2D eigenvalue weighted by molar-refractivity contribution is 5.93. The van der Waals surface area contributed by atoms with Crippen LogP contribution in [-0.2, 0) is 4.74 Å². The lowest BCUT2D eigenvalue weighted by atomic mass is 10.0. The maximum absolute atomic E-state index is 13.2. The summed E-state index contributed by atoms with van der Waals surface area (Å²) in [6, 6.07) is 17.5. The summed E-state index contributed by atoms with van der Waals surface area (Å²) in [4.78, 5) is 19.3. The van der Waals surface area contributed by atoms with Crippen LogP contribution >= 0.6 is 0 Å². The predicted molar refractivity (Wildman–Crippen MR) is 107 cm³/mol. The van der Waals surface area contributed by atoms with Crippen LogP contribution in [0.2, 0.25) is 0 Å². The van der Waals surface area contributed by atoms with Gasteiger partial charge < -0.3 is 9.64 Å². The Bertz CT molecular complexity index is 924. The fourth-order valence-electron chi connectivity index (χ4n) is 3.42. The highest BCUT2D eigenvalue weighted by Gasteiger charge is 2.33. The maximum Gasteiger partial charge on any atom is 0.272 e. The van der Waals surface area contributed by atoms with Crippen molar-refractivity contribution in [3.63, 3.8) is 0 Å². The van der Waals surface area contributed by atoms with Crippen molar-refractivity contribution in [2.45, 2.75) is 26.1 Å². The topological polar surface area (TPSA) is 71.1 Å². The molecule has 1 N–H and O–H groups in total. The second-order valence-corrected chi connectivity index (χ2v) is 7.41. The number of hydrogen-bond donors (Lipinski definition) is 1. The molecule has 0 aliphatic carbocycles. The number of carbonyl (C=O) groups is 1. The molecule has 0 unspecified atom stereocenters. The van der Waals surface area contributed by atoms with Crippen LogP contribution < -0.4 is 0 Å². The van der Waals surface area contributed by atoms with Gasteiger partial charge in [0, 0.05) is 12.7 Å². The molecule has 0 saturated carbocycles. The maximum atomic E-state index is 13.2. The van der Waals surface area contributed by atoms with E-state index in [-0.39, 0.29) is 18.1 Å². The number of aromatic nitrogens is 3. The summed E-state index contributed by atoms with van der Waals surface area (Å²) < 4.78 is 6.29. The number of aromatic amines is 1. The van der Waals surface area contributed by atoms with Crippen molar-refractivity contribution < 1.29 is 9.53 Å². The molecule has 1 aliphatic heterocycles. The molecule has 1 fully saturated rings. The number of nitrogens with zero attached hydrogens (tertiary/aromatic N) is 3. The number of hydrogen-bond acceptors (Lipinski definition) is 4. The monoisotopic (exact) mass is 376 g/mol. The Hall–Kier alpha value is -2.99. The number of carbonyl (C=O) groups excluding carboxylic acids is 1. The van der Waals surface area contributed by atoms with E-state index in [1.165, 1.54) is 0 Å². The molecule has 3 heterocycles. The normalized spacial score (nSPS) is 19.8. The highest BCUT2D eigenvalue weighted by Crippen LogP contribution is 2.29. The van der Waals surface area contributed by atoms with Gasteiger partial charge in [0.05, 0.1) is 18.3 Å². The van der Waals surface area contributed by atoms with E-state index in [2.05, 4.69) is 29.0 Å². The van der Waals surface area contributed by atoms with Gasteiger partial charge in [0.2, 0.25) is 0 Å². The summed E-state index contributed by atoms with van der Waals surface area (Å²) in [6.07, 6.45) is 1.57. The molecule has 1 amide bonds. The first-order valence-electron chi connectivity index (χ1n) is 9.58. The predicted octanol–water partition coefficient (Wildman–Crippen LogP) is 3.71. The SMILES string of the molecule is CC(C)[C@H]1CN(C(=O)c2cc(-c3ccccn3)n[nH]2)C[C@@H](c2ccccc2)O1. The zero-order valence-electron chi connectivity index (χ0n) is 16.1. The van der Waals surface area contributed by atoms with Gasteiger partial charge in [-0.15, -0.1) is 0 Å². The lowest BCUT2D eigenvalue weighted by Gasteiger charge is -2.39. The number of morpholine rings is 1. The molecular weight excluding hydrogens is 352 g/mol. The van der Waals surface area contributed by atoms with Crippen molar-refractivity contribution in [1.29, 1.82) is 0 Å². The van der Waals surface area contributed by atoms with Crippen LogP contribution in [0.25, 0.3) is 11.4 Å². The number of benzene rings is 1. The van der Waals surface area contributed by atoms with E-state index in [1.54, 1.807) is 12.3 Å². The molecule has 3 aromatic rings. The minimum absolute atomic E-state index is 0.0129. The Morgan fingerprint density at radius 1 is 1.11 bits per heavy atom. The van der Waals surface area contributed by atoms with E-state index < -0.39 is 0 Å². The van der Waals surface area contributed by atoms with Crippen LogP contribution in [0.5, 0.6) is 0 Å². The van der Waals surface area contributed by atoms with Gasteiger partial charge in [-0.3, -0.25) is 14.9 Å². The molecule has 1 saturated heterocycles.